The number of imide groups is 1. The zero-order valence-electron chi connectivity index (χ0n) is 22.1. The van der Waals surface area contributed by atoms with E-state index in [2.05, 4.69) is 10.3 Å². The Hall–Kier alpha value is -3.44. The summed E-state index contributed by atoms with van der Waals surface area (Å²) in [6.45, 7) is 9.10. The second kappa shape index (κ2) is 10.0. The van der Waals surface area contributed by atoms with E-state index in [0.29, 0.717) is 43.2 Å². The molecule has 0 bridgehead atoms. The number of amides is 3. The molecule has 3 amide bonds. The van der Waals surface area contributed by atoms with Crippen LogP contribution < -0.4 is 20.3 Å². The smallest absolute Gasteiger partial charge is 0.493 e. The third kappa shape index (κ3) is 5.00. The van der Waals surface area contributed by atoms with Crippen molar-refractivity contribution in [3.8, 4) is 11.6 Å². The van der Waals surface area contributed by atoms with Gasteiger partial charge in [-0.1, -0.05) is 12.1 Å². The number of carbonyl (C=O) groups excluding carboxylic acids is 3. The Kier molecular flexibility index (Phi) is 6.91. The van der Waals surface area contributed by atoms with Gasteiger partial charge in [0.1, 0.15) is 11.8 Å². The average molecular weight is 521 g/mol. The third-order valence-corrected chi connectivity index (χ3v) is 7.62. The number of nitrogens with one attached hydrogen (secondary N) is 1. The molecule has 11 heteroatoms. The molecule has 2 aromatic rings. The summed E-state index contributed by atoms with van der Waals surface area (Å²) in [6, 6.07) is 8.34. The largest absolute Gasteiger partial charge is 0.496 e. The van der Waals surface area contributed by atoms with Gasteiger partial charge in [0.05, 0.1) is 31.0 Å². The molecule has 4 heterocycles. The molecule has 3 aliphatic rings. The van der Waals surface area contributed by atoms with Crippen molar-refractivity contribution in [3.05, 3.63) is 47.7 Å². The summed E-state index contributed by atoms with van der Waals surface area (Å²) in [4.78, 5) is 42.6. The summed E-state index contributed by atoms with van der Waals surface area (Å²) in [5.41, 5.74) is 1.28. The first kappa shape index (κ1) is 26.2. The van der Waals surface area contributed by atoms with E-state index in [4.69, 9.17) is 18.8 Å². The normalized spacial score (nSPS) is 21.9. The third-order valence-electron chi connectivity index (χ3n) is 7.62. The molecule has 1 unspecified atom stereocenters. The molecule has 2 fully saturated rings. The van der Waals surface area contributed by atoms with Gasteiger partial charge in [0.25, 0.3) is 5.91 Å². The highest BCUT2D eigenvalue weighted by molar-refractivity contribution is 6.62. The molecule has 10 nitrogen and oxygen atoms in total. The van der Waals surface area contributed by atoms with Crippen LogP contribution in [0.5, 0.6) is 11.6 Å². The van der Waals surface area contributed by atoms with Crippen LogP contribution in [-0.4, -0.2) is 65.2 Å². The van der Waals surface area contributed by atoms with E-state index in [9.17, 15) is 14.4 Å². The van der Waals surface area contributed by atoms with Crippen LogP contribution in [0.3, 0.4) is 0 Å². The van der Waals surface area contributed by atoms with E-state index in [-0.39, 0.29) is 24.8 Å². The Labute approximate surface area is 222 Å². The van der Waals surface area contributed by atoms with E-state index in [1.165, 1.54) is 4.90 Å². The minimum atomic E-state index is -0.655. The molecule has 3 aliphatic heterocycles. The van der Waals surface area contributed by atoms with E-state index < -0.39 is 30.3 Å². The minimum absolute atomic E-state index is 0.218. The number of rotatable bonds is 8. The number of aromatic nitrogens is 1. The van der Waals surface area contributed by atoms with Crippen molar-refractivity contribution in [2.45, 2.75) is 70.7 Å². The number of carbonyl (C=O) groups is 3. The number of hydrogen-bond donors (Lipinski definition) is 1. The summed E-state index contributed by atoms with van der Waals surface area (Å²) < 4.78 is 23.9. The lowest BCUT2D eigenvalue weighted by Crippen LogP contribution is -2.52. The molecule has 2 saturated heterocycles. The first-order valence-corrected chi connectivity index (χ1v) is 12.9. The van der Waals surface area contributed by atoms with Crippen LogP contribution >= 0.6 is 0 Å². The molecule has 0 aliphatic carbocycles. The van der Waals surface area contributed by atoms with Gasteiger partial charge < -0.3 is 23.7 Å². The van der Waals surface area contributed by atoms with Crippen LogP contribution in [0.25, 0.3) is 0 Å². The van der Waals surface area contributed by atoms with Crippen LogP contribution in [0.4, 0.5) is 0 Å². The topological polar surface area (TPSA) is 116 Å². The van der Waals surface area contributed by atoms with E-state index in [0.717, 1.165) is 11.0 Å². The lowest BCUT2D eigenvalue weighted by atomic mass is 9.80. The average Bonchev–Trinajstić information content (AvgIpc) is 3.31. The maximum atomic E-state index is 12.9. The van der Waals surface area contributed by atoms with Crippen molar-refractivity contribution < 1.29 is 33.2 Å². The molecular formula is C27H32BN3O7. The van der Waals surface area contributed by atoms with E-state index >= 15 is 0 Å². The maximum absolute atomic E-state index is 12.9. The monoisotopic (exact) mass is 521 g/mol. The molecule has 0 spiro atoms. The van der Waals surface area contributed by atoms with Crippen LogP contribution in [0.1, 0.15) is 62.9 Å². The predicted octanol–water partition coefficient (Wildman–Crippen LogP) is 1.99. The fourth-order valence-corrected chi connectivity index (χ4v) is 4.71. The van der Waals surface area contributed by atoms with Crippen LogP contribution in [0.15, 0.2) is 36.5 Å². The molecule has 1 aromatic heterocycles. The van der Waals surface area contributed by atoms with Crippen molar-refractivity contribution in [1.29, 1.82) is 0 Å². The maximum Gasteiger partial charge on any atom is 0.496 e. The number of nitrogens with zero attached hydrogens (tertiary/aromatic N) is 2. The lowest BCUT2D eigenvalue weighted by Gasteiger charge is -2.32. The highest BCUT2D eigenvalue weighted by Crippen LogP contribution is 2.36. The second-order valence-electron chi connectivity index (χ2n) is 10.8. The zero-order valence-corrected chi connectivity index (χ0v) is 22.1. The van der Waals surface area contributed by atoms with Gasteiger partial charge in [-0.2, -0.15) is 0 Å². The first-order valence-electron chi connectivity index (χ1n) is 12.9. The molecule has 1 atom stereocenters. The highest BCUT2D eigenvalue weighted by Gasteiger charge is 2.51. The first-order chi connectivity index (χ1) is 18.1. The van der Waals surface area contributed by atoms with Crippen molar-refractivity contribution in [3.63, 3.8) is 0 Å². The summed E-state index contributed by atoms with van der Waals surface area (Å²) in [7, 11) is -0.472. The Morgan fingerprint density at radius 1 is 1.05 bits per heavy atom. The molecule has 200 valence electrons. The van der Waals surface area contributed by atoms with Crippen molar-refractivity contribution >= 4 is 30.3 Å². The van der Waals surface area contributed by atoms with Gasteiger partial charge in [0.2, 0.25) is 17.7 Å². The molecule has 0 radical (unpaired) electrons. The molecule has 1 aromatic carbocycles. The van der Waals surface area contributed by atoms with Gasteiger partial charge in [0.15, 0.2) is 0 Å². The zero-order chi connectivity index (χ0) is 27.1. The second-order valence-corrected chi connectivity index (χ2v) is 10.8. The van der Waals surface area contributed by atoms with Crippen molar-refractivity contribution in [1.82, 2.24) is 15.2 Å². The molecule has 5 rings (SSSR count). The number of ether oxygens (including phenoxy) is 2. The minimum Gasteiger partial charge on any atom is -0.493 e. The highest BCUT2D eigenvalue weighted by atomic mass is 16.7. The lowest BCUT2D eigenvalue weighted by molar-refractivity contribution is -0.136. The van der Waals surface area contributed by atoms with E-state index in [1.54, 1.807) is 24.4 Å². The number of benzene rings is 1. The van der Waals surface area contributed by atoms with Crippen LogP contribution in [-0.2, 0) is 25.4 Å². The standard InChI is InChI=1S/C27H32BN3O7/c1-26(2)27(3,4)38-28(37-26)17-9-12-23(29-15-17)36-14-6-13-35-21-8-5-7-18-19(21)16-31(25(18)34)20-10-11-22(32)30-24(20)33/h5,7-9,12,15,20H,6,10-11,13-14,16H2,1-4H3,(H,30,32,33). The number of pyridine rings is 1. The van der Waals surface area contributed by atoms with Gasteiger partial charge >= 0.3 is 7.12 Å². The summed E-state index contributed by atoms with van der Waals surface area (Å²) in [5, 5.41) is 2.32. The SMILES string of the molecule is CC1(C)OB(c2ccc(OCCCOc3cccc4c3CN(C3CCC(=O)NC3=O)C4=O)nc2)OC1(C)C. The Morgan fingerprint density at radius 3 is 2.47 bits per heavy atom. The van der Waals surface area contributed by atoms with Crippen LogP contribution in [0, 0.1) is 0 Å². The van der Waals surface area contributed by atoms with Crippen molar-refractivity contribution in [2.24, 2.45) is 0 Å². The van der Waals surface area contributed by atoms with Gasteiger partial charge in [-0.3, -0.25) is 19.7 Å². The molecule has 38 heavy (non-hydrogen) atoms. The Balaban J connectivity index is 1.11. The Bertz CT molecular complexity index is 1230. The number of piperidine rings is 1. The predicted molar refractivity (Wildman–Crippen MR) is 138 cm³/mol. The Morgan fingerprint density at radius 2 is 1.79 bits per heavy atom. The summed E-state index contributed by atoms with van der Waals surface area (Å²) in [5.74, 6) is 0.141. The molecule has 0 saturated carbocycles. The van der Waals surface area contributed by atoms with Gasteiger partial charge in [-0.05, 0) is 52.3 Å². The quantitative estimate of drug-likeness (QED) is 0.319. The van der Waals surface area contributed by atoms with Crippen molar-refractivity contribution in [2.75, 3.05) is 13.2 Å². The van der Waals surface area contributed by atoms with E-state index in [1.807, 2.05) is 39.8 Å². The summed E-state index contributed by atoms with van der Waals surface area (Å²) in [6.07, 6.45) is 2.85. The molecular weight excluding hydrogens is 489 g/mol. The number of hydrogen-bond acceptors (Lipinski definition) is 8. The fraction of sp³-hybridized carbons (Fsp3) is 0.481. The number of fused-ring (bicyclic) bond motifs is 1. The molecule has 1 N–H and O–H groups in total. The fourth-order valence-electron chi connectivity index (χ4n) is 4.71. The van der Waals surface area contributed by atoms with Gasteiger partial charge in [-0.25, -0.2) is 4.98 Å². The van der Waals surface area contributed by atoms with Gasteiger partial charge in [-0.15, -0.1) is 0 Å². The van der Waals surface area contributed by atoms with Crippen LogP contribution in [0.2, 0.25) is 0 Å². The summed E-state index contributed by atoms with van der Waals surface area (Å²) >= 11 is 0. The van der Waals surface area contributed by atoms with Gasteiger partial charge in [0, 0.05) is 35.6 Å².